The minimum absolute atomic E-state index is 0.307. The summed E-state index contributed by atoms with van der Waals surface area (Å²) in [7, 11) is 0. The van der Waals surface area contributed by atoms with Gasteiger partial charge in [0.15, 0.2) is 0 Å². The second-order valence-electron chi connectivity index (χ2n) is 6.89. The number of rotatable bonds is 4. The first-order chi connectivity index (χ1) is 8.14. The zero-order valence-electron chi connectivity index (χ0n) is 12.3. The van der Waals surface area contributed by atoms with Gasteiger partial charge < -0.3 is 16.4 Å². The summed E-state index contributed by atoms with van der Waals surface area (Å²) < 4.78 is 0. The number of nitrogens with two attached hydrogens (primary N) is 2. The Hall–Kier alpha value is -0.610. The molecule has 18 heavy (non-hydrogen) atoms. The lowest BCUT2D eigenvalue weighted by Gasteiger charge is -2.33. The summed E-state index contributed by atoms with van der Waals surface area (Å²) in [6.07, 6.45) is 4.32. The topological polar surface area (TPSA) is 72.3 Å². The number of carbonyl (C=O) groups excluding carboxylic acids is 1. The first kappa shape index (κ1) is 15.4. The van der Waals surface area contributed by atoms with Crippen molar-refractivity contribution >= 4 is 5.91 Å². The van der Waals surface area contributed by atoms with Crippen LogP contribution in [0.5, 0.6) is 0 Å². The van der Waals surface area contributed by atoms with Crippen LogP contribution in [0.25, 0.3) is 0 Å². The zero-order valence-corrected chi connectivity index (χ0v) is 12.3. The van der Waals surface area contributed by atoms with Gasteiger partial charge in [-0.15, -0.1) is 0 Å². The lowest BCUT2D eigenvalue weighted by molar-refractivity contribution is -0.123. The molecule has 1 heterocycles. The summed E-state index contributed by atoms with van der Waals surface area (Å²) >= 11 is 0. The van der Waals surface area contributed by atoms with Gasteiger partial charge in [0.25, 0.3) is 0 Å². The molecule has 1 amide bonds. The van der Waals surface area contributed by atoms with E-state index in [0.717, 1.165) is 13.1 Å². The molecule has 1 aliphatic rings. The molecule has 0 aromatic heterocycles. The van der Waals surface area contributed by atoms with Crippen LogP contribution in [-0.2, 0) is 4.79 Å². The molecule has 4 N–H and O–H groups in total. The average molecular weight is 255 g/mol. The van der Waals surface area contributed by atoms with Gasteiger partial charge in [-0.1, -0.05) is 13.8 Å². The van der Waals surface area contributed by atoms with Crippen molar-refractivity contribution in [1.82, 2.24) is 4.90 Å². The lowest BCUT2D eigenvalue weighted by atomic mass is 9.85. The molecule has 0 saturated carbocycles. The van der Waals surface area contributed by atoms with E-state index in [1.54, 1.807) is 6.92 Å². The molecule has 0 spiro atoms. The third-order valence-corrected chi connectivity index (χ3v) is 4.28. The van der Waals surface area contributed by atoms with Crippen molar-refractivity contribution in [1.29, 1.82) is 0 Å². The van der Waals surface area contributed by atoms with Crippen molar-refractivity contribution in [2.24, 2.45) is 16.9 Å². The molecule has 0 aliphatic carbocycles. The lowest BCUT2D eigenvalue weighted by Crippen LogP contribution is -2.53. The summed E-state index contributed by atoms with van der Waals surface area (Å²) in [5.41, 5.74) is 10.8. The molecule has 4 heteroatoms. The van der Waals surface area contributed by atoms with Crippen LogP contribution in [0.15, 0.2) is 0 Å². The first-order valence-corrected chi connectivity index (χ1v) is 6.97. The van der Waals surface area contributed by atoms with Crippen molar-refractivity contribution in [2.75, 3.05) is 13.1 Å². The van der Waals surface area contributed by atoms with Gasteiger partial charge in [0, 0.05) is 6.04 Å². The number of hydrogen-bond acceptors (Lipinski definition) is 3. The number of amides is 1. The molecule has 0 bridgehead atoms. The van der Waals surface area contributed by atoms with E-state index >= 15 is 0 Å². The molecule has 1 fully saturated rings. The van der Waals surface area contributed by atoms with Gasteiger partial charge in [0.1, 0.15) is 0 Å². The molecule has 0 aromatic carbocycles. The number of primary amides is 1. The molecule has 4 nitrogen and oxygen atoms in total. The van der Waals surface area contributed by atoms with E-state index in [1.807, 2.05) is 0 Å². The van der Waals surface area contributed by atoms with Gasteiger partial charge in [-0.2, -0.15) is 0 Å². The Morgan fingerprint density at radius 1 is 1.39 bits per heavy atom. The quantitative estimate of drug-likeness (QED) is 0.799. The third kappa shape index (κ3) is 4.25. The van der Waals surface area contributed by atoms with Crippen molar-refractivity contribution < 1.29 is 4.79 Å². The van der Waals surface area contributed by atoms with E-state index in [0.29, 0.717) is 17.9 Å². The van der Waals surface area contributed by atoms with Crippen LogP contribution in [0, 0.1) is 5.41 Å². The van der Waals surface area contributed by atoms with Crippen LogP contribution in [0.3, 0.4) is 0 Å². The maximum atomic E-state index is 11.3. The summed E-state index contributed by atoms with van der Waals surface area (Å²) in [5, 5.41) is 0. The maximum Gasteiger partial charge on any atom is 0.237 e. The molecule has 1 saturated heterocycles. The van der Waals surface area contributed by atoms with Crippen LogP contribution in [-0.4, -0.2) is 35.5 Å². The largest absolute Gasteiger partial charge is 0.368 e. The van der Waals surface area contributed by atoms with Crippen molar-refractivity contribution in [3.63, 3.8) is 0 Å². The predicted octanol–water partition coefficient (Wildman–Crippen LogP) is 1.48. The minimum Gasteiger partial charge on any atom is -0.368 e. The monoisotopic (exact) mass is 255 g/mol. The minimum atomic E-state index is -0.902. The highest BCUT2D eigenvalue weighted by molar-refractivity contribution is 5.83. The van der Waals surface area contributed by atoms with Gasteiger partial charge in [-0.3, -0.25) is 4.79 Å². The van der Waals surface area contributed by atoms with E-state index in [2.05, 4.69) is 25.7 Å². The highest BCUT2D eigenvalue weighted by atomic mass is 16.1. The highest BCUT2D eigenvalue weighted by Gasteiger charge is 2.32. The van der Waals surface area contributed by atoms with Crippen LogP contribution < -0.4 is 11.5 Å². The van der Waals surface area contributed by atoms with E-state index < -0.39 is 11.4 Å². The first-order valence-electron chi connectivity index (χ1n) is 6.97. The van der Waals surface area contributed by atoms with Crippen LogP contribution in [0.1, 0.15) is 53.4 Å². The number of hydrogen-bond donors (Lipinski definition) is 2. The number of likely N-dealkylation sites (tertiary alicyclic amines) is 1. The fourth-order valence-electron chi connectivity index (χ4n) is 2.73. The fraction of sp³-hybridized carbons (Fsp3) is 0.929. The Bertz CT molecular complexity index is 299. The molecule has 106 valence electrons. The normalized spacial score (nSPS) is 26.1. The van der Waals surface area contributed by atoms with E-state index in [-0.39, 0.29) is 0 Å². The molecule has 0 radical (unpaired) electrons. The van der Waals surface area contributed by atoms with Gasteiger partial charge in [-0.05, 0) is 58.0 Å². The Kier molecular flexibility index (Phi) is 4.78. The Morgan fingerprint density at radius 3 is 2.56 bits per heavy atom. The maximum absolute atomic E-state index is 11.3. The van der Waals surface area contributed by atoms with Gasteiger partial charge in [0.05, 0.1) is 5.54 Å². The molecular weight excluding hydrogens is 226 g/mol. The van der Waals surface area contributed by atoms with Crippen molar-refractivity contribution in [3.8, 4) is 0 Å². The number of carbonyl (C=O) groups is 1. The molecular formula is C14H29N3O. The zero-order chi connectivity index (χ0) is 14.0. The summed E-state index contributed by atoms with van der Waals surface area (Å²) in [6, 6.07) is 0.307. The second kappa shape index (κ2) is 5.57. The van der Waals surface area contributed by atoms with Gasteiger partial charge >= 0.3 is 0 Å². The summed E-state index contributed by atoms with van der Waals surface area (Å²) in [4.78, 5) is 13.7. The predicted molar refractivity (Wildman–Crippen MR) is 75.1 cm³/mol. The molecule has 0 aromatic rings. The van der Waals surface area contributed by atoms with Crippen LogP contribution in [0.2, 0.25) is 0 Å². The average Bonchev–Trinajstić information content (AvgIpc) is 2.38. The molecule has 1 rings (SSSR count). The fourth-order valence-corrected chi connectivity index (χ4v) is 2.73. The summed E-state index contributed by atoms with van der Waals surface area (Å²) in [6.45, 7) is 10.7. The Balaban J connectivity index is 2.57. The van der Waals surface area contributed by atoms with E-state index in [4.69, 9.17) is 11.5 Å². The Labute approximate surface area is 111 Å². The van der Waals surface area contributed by atoms with Gasteiger partial charge in [0.2, 0.25) is 5.91 Å². The number of nitrogens with zero attached hydrogens (tertiary/aromatic N) is 1. The van der Waals surface area contributed by atoms with Crippen molar-refractivity contribution in [3.05, 3.63) is 0 Å². The molecule has 2 unspecified atom stereocenters. The van der Waals surface area contributed by atoms with Crippen molar-refractivity contribution in [2.45, 2.75) is 65.0 Å². The highest BCUT2D eigenvalue weighted by Crippen LogP contribution is 2.31. The third-order valence-electron chi connectivity index (χ3n) is 4.28. The van der Waals surface area contributed by atoms with E-state index in [1.165, 1.54) is 19.3 Å². The Morgan fingerprint density at radius 2 is 2.00 bits per heavy atom. The van der Waals surface area contributed by atoms with Crippen LogP contribution in [0.4, 0.5) is 0 Å². The standard InChI is InChI=1S/C14H29N3O/c1-11(10-14(4,16)12(15)18)17-8-5-6-13(2,3)7-9-17/h11H,5-10,16H2,1-4H3,(H2,15,18). The van der Waals surface area contributed by atoms with Crippen LogP contribution >= 0.6 is 0 Å². The van der Waals surface area contributed by atoms with E-state index in [9.17, 15) is 4.79 Å². The molecule has 1 aliphatic heterocycles. The molecule has 2 atom stereocenters. The second-order valence-corrected chi connectivity index (χ2v) is 6.89. The smallest absolute Gasteiger partial charge is 0.237 e. The summed E-state index contributed by atoms with van der Waals surface area (Å²) in [5.74, 6) is -0.412. The SMILES string of the molecule is CC(CC(C)(N)C(N)=O)N1CCCC(C)(C)CC1. The van der Waals surface area contributed by atoms with Gasteiger partial charge in [-0.25, -0.2) is 0 Å².